The summed E-state index contributed by atoms with van der Waals surface area (Å²) in [5.41, 5.74) is 2.24. The summed E-state index contributed by atoms with van der Waals surface area (Å²) in [6.45, 7) is 4.10. The van der Waals surface area contributed by atoms with Crippen LogP contribution in [-0.2, 0) is 4.79 Å². The molecular formula is C15H17ClN4OS. The van der Waals surface area contributed by atoms with Gasteiger partial charge in [0, 0.05) is 17.9 Å². The molecule has 116 valence electrons. The highest BCUT2D eigenvalue weighted by Gasteiger charge is 2.28. The number of imidazole rings is 1. The average Bonchev–Trinajstić information content (AvgIpc) is 3.27. The summed E-state index contributed by atoms with van der Waals surface area (Å²) >= 11 is 7.24. The summed E-state index contributed by atoms with van der Waals surface area (Å²) in [6.07, 6.45) is 3.91. The number of halogens is 1. The van der Waals surface area contributed by atoms with Gasteiger partial charge < -0.3 is 9.88 Å². The lowest BCUT2D eigenvalue weighted by atomic mass is 10.4. The van der Waals surface area contributed by atoms with E-state index in [0.717, 1.165) is 10.9 Å². The summed E-state index contributed by atoms with van der Waals surface area (Å²) < 4.78 is 2.26. The number of amides is 1. The SMILES string of the molecule is Cc1nc(SCC(=O)Nc2ccc(Cl)cn2)n(C2CC2)c1C. The van der Waals surface area contributed by atoms with Crippen molar-refractivity contribution in [3.63, 3.8) is 0 Å². The number of nitrogens with zero attached hydrogens (tertiary/aromatic N) is 3. The standard InChI is InChI=1S/C15H17ClN4OS/c1-9-10(2)20(12-4-5-12)15(18-9)22-8-14(21)19-13-6-3-11(16)7-17-13/h3,6-7,12H,4-5,8H2,1-2H3,(H,17,19,21). The van der Waals surface area contributed by atoms with Crippen LogP contribution >= 0.6 is 23.4 Å². The molecule has 1 amide bonds. The van der Waals surface area contributed by atoms with Crippen molar-refractivity contribution in [1.82, 2.24) is 14.5 Å². The van der Waals surface area contributed by atoms with Crippen molar-refractivity contribution in [3.8, 4) is 0 Å². The number of thioether (sulfide) groups is 1. The minimum Gasteiger partial charge on any atom is -0.320 e. The van der Waals surface area contributed by atoms with E-state index in [2.05, 4.69) is 26.8 Å². The van der Waals surface area contributed by atoms with Crippen molar-refractivity contribution in [3.05, 3.63) is 34.7 Å². The molecule has 1 N–H and O–H groups in total. The molecule has 7 heteroatoms. The quantitative estimate of drug-likeness (QED) is 0.847. The van der Waals surface area contributed by atoms with Crippen LogP contribution in [0, 0.1) is 13.8 Å². The van der Waals surface area contributed by atoms with Crippen LogP contribution in [-0.4, -0.2) is 26.2 Å². The van der Waals surface area contributed by atoms with Crippen molar-refractivity contribution in [1.29, 1.82) is 0 Å². The highest BCUT2D eigenvalue weighted by molar-refractivity contribution is 7.99. The Hall–Kier alpha value is -1.53. The fraction of sp³-hybridized carbons (Fsp3) is 0.400. The molecule has 0 unspecified atom stereocenters. The number of carbonyl (C=O) groups excluding carboxylic acids is 1. The zero-order chi connectivity index (χ0) is 15.7. The molecule has 0 radical (unpaired) electrons. The van der Waals surface area contributed by atoms with E-state index >= 15 is 0 Å². The van der Waals surface area contributed by atoms with Gasteiger partial charge in [0.2, 0.25) is 5.91 Å². The van der Waals surface area contributed by atoms with Crippen LogP contribution < -0.4 is 5.32 Å². The summed E-state index contributed by atoms with van der Waals surface area (Å²) in [5.74, 6) is 0.723. The van der Waals surface area contributed by atoms with Crippen molar-refractivity contribution in [2.24, 2.45) is 0 Å². The first-order valence-corrected chi connectivity index (χ1v) is 8.50. The van der Waals surface area contributed by atoms with Crippen LogP contribution in [0.4, 0.5) is 5.82 Å². The molecule has 0 atom stereocenters. The van der Waals surface area contributed by atoms with Gasteiger partial charge in [0.25, 0.3) is 0 Å². The second-order valence-electron chi connectivity index (χ2n) is 5.36. The van der Waals surface area contributed by atoms with Gasteiger partial charge in [-0.3, -0.25) is 4.79 Å². The zero-order valence-corrected chi connectivity index (χ0v) is 14.0. The first-order valence-electron chi connectivity index (χ1n) is 7.14. The summed E-state index contributed by atoms with van der Waals surface area (Å²) in [5, 5.41) is 4.23. The van der Waals surface area contributed by atoms with E-state index in [4.69, 9.17) is 11.6 Å². The summed E-state index contributed by atoms with van der Waals surface area (Å²) in [7, 11) is 0. The molecule has 1 saturated carbocycles. The van der Waals surface area contributed by atoms with Gasteiger partial charge >= 0.3 is 0 Å². The average molecular weight is 337 g/mol. The maximum atomic E-state index is 12.0. The van der Waals surface area contributed by atoms with Crippen LogP contribution in [0.25, 0.3) is 0 Å². The highest BCUT2D eigenvalue weighted by atomic mass is 35.5. The number of pyridine rings is 1. The van der Waals surface area contributed by atoms with E-state index < -0.39 is 0 Å². The molecule has 0 spiro atoms. The van der Waals surface area contributed by atoms with Crippen molar-refractivity contribution >= 4 is 35.1 Å². The minimum atomic E-state index is -0.0968. The summed E-state index contributed by atoms with van der Waals surface area (Å²) in [4.78, 5) is 20.6. The van der Waals surface area contributed by atoms with Gasteiger partial charge in [-0.05, 0) is 38.8 Å². The third-order valence-corrected chi connectivity index (χ3v) is 4.77. The number of hydrogen-bond donors (Lipinski definition) is 1. The second-order valence-corrected chi connectivity index (χ2v) is 6.74. The molecule has 1 aliphatic carbocycles. The monoisotopic (exact) mass is 336 g/mol. The zero-order valence-electron chi connectivity index (χ0n) is 12.5. The second kappa shape index (κ2) is 6.30. The lowest BCUT2D eigenvalue weighted by Crippen LogP contribution is -2.15. The van der Waals surface area contributed by atoms with Crippen molar-refractivity contribution in [2.75, 3.05) is 11.1 Å². The molecule has 0 aromatic carbocycles. The lowest BCUT2D eigenvalue weighted by Gasteiger charge is -2.08. The molecule has 5 nitrogen and oxygen atoms in total. The number of carbonyl (C=O) groups is 1. The molecule has 2 aromatic heterocycles. The van der Waals surface area contributed by atoms with Crippen molar-refractivity contribution < 1.29 is 4.79 Å². The Kier molecular flexibility index (Phi) is 4.40. The van der Waals surface area contributed by atoms with E-state index in [9.17, 15) is 4.79 Å². The number of rotatable bonds is 5. The highest BCUT2D eigenvalue weighted by Crippen LogP contribution is 2.39. The van der Waals surface area contributed by atoms with Crippen molar-refractivity contribution in [2.45, 2.75) is 37.9 Å². The number of hydrogen-bond acceptors (Lipinski definition) is 4. The van der Waals surface area contributed by atoms with Crippen LogP contribution in [0.2, 0.25) is 5.02 Å². The molecule has 2 aromatic rings. The van der Waals surface area contributed by atoms with Gasteiger partial charge in [-0.1, -0.05) is 23.4 Å². The third-order valence-electron chi connectivity index (χ3n) is 3.59. The Morgan fingerprint density at radius 2 is 2.23 bits per heavy atom. The predicted molar refractivity (Wildman–Crippen MR) is 88.6 cm³/mol. The van der Waals surface area contributed by atoms with Gasteiger partial charge in [0.15, 0.2) is 5.16 Å². The number of aryl methyl sites for hydroxylation is 1. The predicted octanol–water partition coefficient (Wildman–Crippen LogP) is 3.61. The molecule has 0 bridgehead atoms. The largest absolute Gasteiger partial charge is 0.320 e. The fourth-order valence-corrected chi connectivity index (χ4v) is 3.29. The van der Waals surface area contributed by atoms with E-state index in [-0.39, 0.29) is 5.91 Å². The molecule has 22 heavy (non-hydrogen) atoms. The Labute approximate surface area is 138 Å². The first-order chi connectivity index (χ1) is 10.5. The topological polar surface area (TPSA) is 59.8 Å². The van der Waals surface area contributed by atoms with Gasteiger partial charge in [-0.2, -0.15) is 0 Å². The van der Waals surface area contributed by atoms with E-state index in [1.165, 1.54) is 36.5 Å². The van der Waals surface area contributed by atoms with Gasteiger partial charge in [-0.15, -0.1) is 0 Å². The molecule has 1 aliphatic rings. The van der Waals surface area contributed by atoms with Gasteiger partial charge in [0.1, 0.15) is 5.82 Å². The fourth-order valence-electron chi connectivity index (χ4n) is 2.22. The Morgan fingerprint density at radius 3 is 2.86 bits per heavy atom. The minimum absolute atomic E-state index is 0.0968. The number of aromatic nitrogens is 3. The van der Waals surface area contributed by atoms with E-state index in [1.54, 1.807) is 12.1 Å². The van der Waals surface area contributed by atoms with Gasteiger partial charge in [0.05, 0.1) is 16.5 Å². The molecule has 0 saturated heterocycles. The molecule has 2 heterocycles. The van der Waals surface area contributed by atoms with E-state index in [1.807, 2.05) is 6.92 Å². The Morgan fingerprint density at radius 1 is 1.45 bits per heavy atom. The Bertz CT molecular complexity index is 694. The normalized spacial score (nSPS) is 14.1. The van der Waals surface area contributed by atoms with Crippen LogP contribution in [0.15, 0.2) is 23.5 Å². The summed E-state index contributed by atoms with van der Waals surface area (Å²) in [6, 6.07) is 3.94. The smallest absolute Gasteiger partial charge is 0.236 e. The van der Waals surface area contributed by atoms with E-state index in [0.29, 0.717) is 22.6 Å². The van der Waals surface area contributed by atoms with Crippen LogP contribution in [0.5, 0.6) is 0 Å². The van der Waals surface area contributed by atoms with Gasteiger partial charge in [-0.25, -0.2) is 9.97 Å². The molecular weight excluding hydrogens is 320 g/mol. The number of anilines is 1. The van der Waals surface area contributed by atoms with Crippen LogP contribution in [0.1, 0.15) is 30.3 Å². The molecule has 0 aliphatic heterocycles. The first kappa shape index (κ1) is 15.4. The number of nitrogens with one attached hydrogen (secondary N) is 1. The maximum Gasteiger partial charge on any atom is 0.236 e. The molecule has 3 rings (SSSR count). The molecule has 1 fully saturated rings. The maximum absolute atomic E-state index is 12.0. The Balaban J connectivity index is 1.61. The third kappa shape index (κ3) is 3.44. The van der Waals surface area contributed by atoms with Crippen LogP contribution in [0.3, 0.4) is 0 Å². The lowest BCUT2D eigenvalue weighted by molar-refractivity contribution is -0.113.